The summed E-state index contributed by atoms with van der Waals surface area (Å²) in [4.78, 5) is 12.2. The van der Waals surface area contributed by atoms with Crippen molar-refractivity contribution in [3.8, 4) is 0 Å². The fraction of sp³-hybridized carbons (Fsp3) is 0.906. The highest BCUT2D eigenvalue weighted by Crippen LogP contribution is 2.29. The van der Waals surface area contributed by atoms with Crippen molar-refractivity contribution in [2.75, 3.05) is 26.4 Å². The number of hydrogen-bond donors (Lipinski definition) is 8. The first kappa shape index (κ1) is 39.9. The molecule has 8 N–H and O–H groups in total. The van der Waals surface area contributed by atoms with Gasteiger partial charge >= 0.3 is 0 Å². The van der Waals surface area contributed by atoms with E-state index in [1.807, 2.05) is 0 Å². The standard InChI is InChI=1S/C32H59NO12/c1-2-3-4-5-6-7-8-9-10-11-12-13-14-15-16-17-24(36)33-18-19-42-31-29(41)27(39)30(23(21-35)44-31)45-32-28(40)26(38)25(37)22(20-34)43-32/h9-10,22-23,25-32,34-35,37-41H,2-8,11-21H2,1H3,(H,33,36)/b10-9-/t22-,23-,25-,26+,27-,28-,29-,30-,31-,32-/m1/s1. The topological polar surface area (TPSA) is 208 Å². The smallest absolute Gasteiger partial charge is 0.220 e. The third-order valence-electron chi connectivity index (χ3n) is 8.33. The van der Waals surface area contributed by atoms with Crippen LogP contribution in [0, 0.1) is 0 Å². The van der Waals surface area contributed by atoms with Crippen LogP contribution in [0.2, 0.25) is 0 Å². The monoisotopic (exact) mass is 649 g/mol. The highest BCUT2D eigenvalue weighted by molar-refractivity contribution is 5.75. The molecule has 264 valence electrons. The summed E-state index contributed by atoms with van der Waals surface area (Å²) < 4.78 is 21.9. The second-order valence-electron chi connectivity index (χ2n) is 12.1. The largest absolute Gasteiger partial charge is 0.394 e. The average molecular weight is 650 g/mol. The number of carbonyl (C=O) groups is 1. The lowest BCUT2D eigenvalue weighted by molar-refractivity contribution is -0.359. The maximum absolute atomic E-state index is 12.2. The predicted molar refractivity (Wildman–Crippen MR) is 165 cm³/mol. The molecule has 0 unspecified atom stereocenters. The molecule has 2 fully saturated rings. The second-order valence-corrected chi connectivity index (χ2v) is 12.1. The molecular formula is C32H59NO12. The number of nitrogens with one attached hydrogen (secondary N) is 1. The molecule has 0 aromatic rings. The highest BCUT2D eigenvalue weighted by atomic mass is 16.7. The Morgan fingerprint density at radius 2 is 1.24 bits per heavy atom. The van der Waals surface area contributed by atoms with Gasteiger partial charge in [-0.15, -0.1) is 0 Å². The first-order chi connectivity index (χ1) is 21.7. The van der Waals surface area contributed by atoms with Crippen LogP contribution in [0.4, 0.5) is 0 Å². The zero-order valence-corrected chi connectivity index (χ0v) is 26.8. The van der Waals surface area contributed by atoms with E-state index in [-0.39, 0.29) is 19.1 Å². The van der Waals surface area contributed by atoms with E-state index < -0.39 is 74.6 Å². The van der Waals surface area contributed by atoms with Crippen LogP contribution in [-0.2, 0) is 23.7 Å². The van der Waals surface area contributed by atoms with Crippen molar-refractivity contribution in [2.45, 2.75) is 158 Å². The van der Waals surface area contributed by atoms with Gasteiger partial charge in [0.1, 0.15) is 48.8 Å². The Kier molecular flexibility index (Phi) is 20.6. The summed E-state index contributed by atoms with van der Waals surface area (Å²) in [5.41, 5.74) is 0. The molecule has 13 heteroatoms. The van der Waals surface area contributed by atoms with Crippen LogP contribution >= 0.6 is 0 Å². The molecule has 2 rings (SSSR count). The Hall–Kier alpha value is -1.23. The Morgan fingerprint density at radius 1 is 0.689 bits per heavy atom. The molecule has 0 aliphatic carbocycles. The van der Waals surface area contributed by atoms with Crippen LogP contribution in [0.15, 0.2) is 12.2 Å². The molecule has 45 heavy (non-hydrogen) atoms. The Labute approximate surface area is 267 Å². The zero-order chi connectivity index (χ0) is 33.0. The summed E-state index contributed by atoms with van der Waals surface area (Å²) in [5, 5.41) is 73.2. The zero-order valence-electron chi connectivity index (χ0n) is 26.8. The van der Waals surface area contributed by atoms with Gasteiger partial charge in [0.15, 0.2) is 12.6 Å². The molecule has 0 aromatic heterocycles. The lowest BCUT2D eigenvalue weighted by Crippen LogP contribution is -2.64. The molecule has 2 heterocycles. The number of ether oxygens (including phenoxy) is 4. The van der Waals surface area contributed by atoms with Crippen molar-refractivity contribution < 1.29 is 59.5 Å². The lowest BCUT2D eigenvalue weighted by Gasteiger charge is -2.45. The van der Waals surface area contributed by atoms with Crippen molar-refractivity contribution in [3.05, 3.63) is 12.2 Å². The van der Waals surface area contributed by atoms with Crippen molar-refractivity contribution in [1.82, 2.24) is 5.32 Å². The quantitative estimate of drug-likeness (QED) is 0.0571. The fourth-order valence-corrected chi connectivity index (χ4v) is 5.50. The molecule has 0 radical (unpaired) electrons. The molecule has 1 amide bonds. The van der Waals surface area contributed by atoms with Gasteiger partial charge in [0.05, 0.1) is 19.8 Å². The molecule has 2 saturated heterocycles. The first-order valence-electron chi connectivity index (χ1n) is 16.9. The summed E-state index contributed by atoms with van der Waals surface area (Å²) in [7, 11) is 0. The van der Waals surface area contributed by atoms with Gasteiger partial charge in [-0.3, -0.25) is 4.79 Å². The number of aliphatic hydroxyl groups is 7. The van der Waals surface area contributed by atoms with Crippen LogP contribution in [0.1, 0.15) is 96.8 Å². The summed E-state index contributed by atoms with van der Waals surface area (Å²) in [6.45, 7) is 1.04. The maximum Gasteiger partial charge on any atom is 0.220 e. The molecule has 0 aromatic carbocycles. The minimum atomic E-state index is -1.74. The van der Waals surface area contributed by atoms with Gasteiger partial charge in [-0.25, -0.2) is 0 Å². The van der Waals surface area contributed by atoms with Gasteiger partial charge in [0, 0.05) is 13.0 Å². The molecule has 0 saturated carbocycles. The summed E-state index contributed by atoms with van der Waals surface area (Å²) in [6, 6.07) is 0. The maximum atomic E-state index is 12.2. The molecule has 13 nitrogen and oxygen atoms in total. The highest BCUT2D eigenvalue weighted by Gasteiger charge is 2.50. The number of amides is 1. The number of rotatable bonds is 23. The van der Waals surface area contributed by atoms with Crippen LogP contribution in [-0.4, -0.2) is 129 Å². The number of allylic oxidation sites excluding steroid dienone is 2. The Morgan fingerprint density at radius 3 is 1.87 bits per heavy atom. The van der Waals surface area contributed by atoms with E-state index in [4.69, 9.17) is 18.9 Å². The van der Waals surface area contributed by atoms with Gasteiger partial charge in [-0.1, -0.05) is 70.4 Å². The van der Waals surface area contributed by atoms with Gasteiger partial charge in [-0.2, -0.15) is 0 Å². The molecular weight excluding hydrogens is 590 g/mol. The minimum absolute atomic E-state index is 0.0249. The average Bonchev–Trinajstić information content (AvgIpc) is 3.04. The van der Waals surface area contributed by atoms with Gasteiger partial charge in [0.2, 0.25) is 5.91 Å². The van der Waals surface area contributed by atoms with Crippen molar-refractivity contribution in [3.63, 3.8) is 0 Å². The Balaban J connectivity index is 1.56. The van der Waals surface area contributed by atoms with Crippen molar-refractivity contribution in [2.24, 2.45) is 0 Å². The summed E-state index contributed by atoms with van der Waals surface area (Å²) >= 11 is 0. The van der Waals surface area contributed by atoms with Gasteiger partial charge < -0.3 is 60.0 Å². The number of carbonyl (C=O) groups excluding carboxylic acids is 1. The van der Waals surface area contributed by atoms with Crippen LogP contribution in [0.5, 0.6) is 0 Å². The van der Waals surface area contributed by atoms with E-state index >= 15 is 0 Å². The van der Waals surface area contributed by atoms with E-state index in [0.717, 1.165) is 38.5 Å². The molecule has 2 aliphatic heterocycles. The molecule has 10 atom stereocenters. The van der Waals surface area contributed by atoms with E-state index in [2.05, 4.69) is 24.4 Å². The number of hydrogen-bond acceptors (Lipinski definition) is 12. The predicted octanol–water partition coefficient (Wildman–Crippen LogP) is 0.781. The van der Waals surface area contributed by atoms with E-state index in [0.29, 0.717) is 6.42 Å². The normalized spacial score (nSPS) is 32.3. The summed E-state index contributed by atoms with van der Waals surface area (Å²) in [5.74, 6) is -0.109. The lowest BCUT2D eigenvalue weighted by atomic mass is 9.97. The van der Waals surface area contributed by atoms with Crippen LogP contribution < -0.4 is 5.32 Å². The third-order valence-corrected chi connectivity index (χ3v) is 8.33. The van der Waals surface area contributed by atoms with E-state index in [1.54, 1.807) is 0 Å². The van der Waals surface area contributed by atoms with Gasteiger partial charge in [0.25, 0.3) is 0 Å². The van der Waals surface area contributed by atoms with Crippen LogP contribution in [0.3, 0.4) is 0 Å². The number of aliphatic hydroxyl groups excluding tert-OH is 7. The SMILES string of the molecule is CCCCCCCC/C=C\CCCCCCCC(=O)NCCO[C@@H]1O[C@H](CO)[C@@H](O[C@H]2O[C@H](CO)[C@@H](O)[C@H](O)[C@H]2O)[C@H](O)[C@H]1O. The minimum Gasteiger partial charge on any atom is -0.394 e. The fourth-order valence-electron chi connectivity index (χ4n) is 5.50. The number of unbranched alkanes of at least 4 members (excludes halogenated alkanes) is 11. The molecule has 2 aliphatic rings. The summed E-state index contributed by atoms with van der Waals surface area (Å²) in [6.07, 6.45) is 5.32. The Bertz CT molecular complexity index is 800. The molecule has 0 spiro atoms. The van der Waals surface area contributed by atoms with Crippen molar-refractivity contribution in [1.29, 1.82) is 0 Å². The van der Waals surface area contributed by atoms with E-state index in [9.17, 15) is 40.5 Å². The van der Waals surface area contributed by atoms with Crippen LogP contribution in [0.25, 0.3) is 0 Å². The third kappa shape index (κ3) is 14.2. The van der Waals surface area contributed by atoms with E-state index in [1.165, 1.54) is 44.9 Å². The van der Waals surface area contributed by atoms with Gasteiger partial charge in [-0.05, 0) is 32.1 Å². The first-order valence-corrected chi connectivity index (χ1v) is 16.9. The van der Waals surface area contributed by atoms with Crippen molar-refractivity contribution >= 4 is 5.91 Å². The molecule has 0 bridgehead atoms. The second kappa shape index (κ2) is 23.2.